The van der Waals surface area contributed by atoms with Gasteiger partial charge in [-0.05, 0) is 36.3 Å². The fourth-order valence-electron chi connectivity index (χ4n) is 2.29. The van der Waals surface area contributed by atoms with Crippen molar-refractivity contribution < 1.29 is 9.84 Å². The number of hydrogen-bond acceptors (Lipinski definition) is 2. The largest absolute Gasteiger partial charge is 0.390 e. The number of aliphatic hydroxyl groups excluding tert-OH is 1. The monoisotopic (exact) mass is 234 g/mol. The molecule has 0 bridgehead atoms. The van der Waals surface area contributed by atoms with Gasteiger partial charge in [-0.1, -0.05) is 38.1 Å². The molecule has 0 saturated heterocycles. The molecule has 0 aliphatic heterocycles. The number of fused-ring (bicyclic) bond motifs is 1. The van der Waals surface area contributed by atoms with Crippen LogP contribution in [0.3, 0.4) is 0 Å². The van der Waals surface area contributed by atoms with Crippen LogP contribution >= 0.6 is 0 Å². The lowest BCUT2D eigenvalue weighted by molar-refractivity contribution is -0.0325. The summed E-state index contributed by atoms with van der Waals surface area (Å²) in [4.78, 5) is 0. The summed E-state index contributed by atoms with van der Waals surface area (Å²) in [7, 11) is 0. The standard InChI is InChI=1S/C15H22O2/c1-11(2)14(16)10-17-15-9-5-7-12-6-3-4-8-13(12)15/h3-4,6,8,11,14-16H,5,7,9-10H2,1-2H3. The van der Waals surface area contributed by atoms with Gasteiger partial charge in [0.25, 0.3) is 0 Å². The number of aliphatic hydroxyl groups is 1. The lowest BCUT2D eigenvalue weighted by Crippen LogP contribution is -2.24. The van der Waals surface area contributed by atoms with Crippen molar-refractivity contribution in [2.24, 2.45) is 5.92 Å². The Labute approximate surface area is 104 Å². The smallest absolute Gasteiger partial charge is 0.0829 e. The highest BCUT2D eigenvalue weighted by Gasteiger charge is 2.21. The van der Waals surface area contributed by atoms with Gasteiger partial charge in [-0.15, -0.1) is 0 Å². The first-order valence-corrected chi connectivity index (χ1v) is 6.56. The van der Waals surface area contributed by atoms with Crippen molar-refractivity contribution >= 4 is 0 Å². The fraction of sp³-hybridized carbons (Fsp3) is 0.600. The molecule has 0 fully saturated rings. The molecule has 2 atom stereocenters. The third-order valence-corrected chi connectivity index (χ3v) is 3.55. The van der Waals surface area contributed by atoms with Crippen molar-refractivity contribution in [3.63, 3.8) is 0 Å². The first-order valence-electron chi connectivity index (χ1n) is 6.56. The maximum Gasteiger partial charge on any atom is 0.0829 e. The van der Waals surface area contributed by atoms with Crippen molar-refractivity contribution in [2.75, 3.05) is 6.61 Å². The van der Waals surface area contributed by atoms with Gasteiger partial charge in [0.15, 0.2) is 0 Å². The molecule has 1 aromatic rings. The molecule has 2 heteroatoms. The molecule has 1 aliphatic carbocycles. The van der Waals surface area contributed by atoms with Gasteiger partial charge in [-0.2, -0.15) is 0 Å². The lowest BCUT2D eigenvalue weighted by Gasteiger charge is -2.27. The van der Waals surface area contributed by atoms with Gasteiger partial charge >= 0.3 is 0 Å². The molecule has 2 unspecified atom stereocenters. The maximum atomic E-state index is 9.78. The first-order chi connectivity index (χ1) is 8.18. The van der Waals surface area contributed by atoms with Crippen LogP contribution in [0.5, 0.6) is 0 Å². The quantitative estimate of drug-likeness (QED) is 0.867. The second-order valence-electron chi connectivity index (χ2n) is 5.22. The van der Waals surface area contributed by atoms with Crippen LogP contribution in [0.25, 0.3) is 0 Å². The molecule has 1 N–H and O–H groups in total. The van der Waals surface area contributed by atoms with Gasteiger partial charge in [-0.25, -0.2) is 0 Å². The zero-order valence-corrected chi connectivity index (χ0v) is 10.7. The average Bonchev–Trinajstić information content (AvgIpc) is 2.35. The van der Waals surface area contributed by atoms with Crippen molar-refractivity contribution in [3.8, 4) is 0 Å². The average molecular weight is 234 g/mol. The Hall–Kier alpha value is -0.860. The van der Waals surface area contributed by atoms with E-state index in [1.54, 1.807) is 0 Å². The Balaban J connectivity index is 1.99. The number of hydrogen-bond donors (Lipinski definition) is 1. The zero-order chi connectivity index (χ0) is 12.3. The second kappa shape index (κ2) is 5.65. The SMILES string of the molecule is CC(C)C(O)COC1CCCc2ccccc21. The fourth-order valence-corrected chi connectivity index (χ4v) is 2.29. The van der Waals surface area contributed by atoms with Crippen LogP contribution in [-0.4, -0.2) is 17.8 Å². The van der Waals surface area contributed by atoms with E-state index in [1.165, 1.54) is 17.5 Å². The van der Waals surface area contributed by atoms with E-state index in [0.717, 1.165) is 12.8 Å². The van der Waals surface area contributed by atoms with Crippen molar-refractivity contribution in [2.45, 2.75) is 45.3 Å². The van der Waals surface area contributed by atoms with Gasteiger partial charge < -0.3 is 9.84 Å². The Morgan fingerprint density at radius 3 is 2.88 bits per heavy atom. The van der Waals surface area contributed by atoms with E-state index < -0.39 is 0 Å². The summed E-state index contributed by atoms with van der Waals surface area (Å²) in [5, 5.41) is 9.78. The Morgan fingerprint density at radius 2 is 2.12 bits per heavy atom. The molecule has 0 amide bonds. The number of benzene rings is 1. The highest BCUT2D eigenvalue weighted by atomic mass is 16.5. The molecule has 17 heavy (non-hydrogen) atoms. The summed E-state index contributed by atoms with van der Waals surface area (Å²) in [6, 6.07) is 8.49. The van der Waals surface area contributed by atoms with Crippen LogP contribution < -0.4 is 0 Å². The van der Waals surface area contributed by atoms with Crippen LogP contribution in [0.15, 0.2) is 24.3 Å². The van der Waals surface area contributed by atoms with E-state index in [9.17, 15) is 5.11 Å². The summed E-state index contributed by atoms with van der Waals surface area (Å²) in [6.45, 7) is 4.47. The lowest BCUT2D eigenvalue weighted by atomic mass is 9.89. The van der Waals surface area contributed by atoms with E-state index >= 15 is 0 Å². The third-order valence-electron chi connectivity index (χ3n) is 3.55. The minimum absolute atomic E-state index is 0.174. The molecule has 0 spiro atoms. The molecule has 0 saturated carbocycles. The van der Waals surface area contributed by atoms with Gasteiger partial charge in [0, 0.05) is 0 Å². The zero-order valence-electron chi connectivity index (χ0n) is 10.7. The predicted molar refractivity (Wildman–Crippen MR) is 68.9 cm³/mol. The van der Waals surface area contributed by atoms with Crippen LogP contribution in [-0.2, 0) is 11.2 Å². The van der Waals surface area contributed by atoms with Crippen LogP contribution in [0.4, 0.5) is 0 Å². The number of ether oxygens (including phenoxy) is 1. The Bertz CT molecular complexity index is 360. The first kappa shape index (κ1) is 12.6. The van der Waals surface area contributed by atoms with Gasteiger partial charge in [0.05, 0.1) is 18.8 Å². The minimum Gasteiger partial charge on any atom is -0.390 e. The van der Waals surface area contributed by atoms with E-state index in [2.05, 4.69) is 24.3 Å². The topological polar surface area (TPSA) is 29.5 Å². The molecule has 2 rings (SSSR count). The number of rotatable bonds is 4. The van der Waals surface area contributed by atoms with Crippen molar-refractivity contribution in [1.29, 1.82) is 0 Å². The predicted octanol–water partition coefficient (Wildman–Crippen LogP) is 3.10. The summed E-state index contributed by atoms with van der Waals surface area (Å²) in [5.74, 6) is 0.258. The molecule has 0 heterocycles. The molecule has 0 radical (unpaired) electrons. The Kier molecular flexibility index (Phi) is 4.19. The van der Waals surface area contributed by atoms with E-state index in [4.69, 9.17) is 4.74 Å². The molecular weight excluding hydrogens is 212 g/mol. The van der Waals surface area contributed by atoms with Crippen LogP contribution in [0.2, 0.25) is 0 Å². The second-order valence-corrected chi connectivity index (χ2v) is 5.22. The number of aryl methyl sites for hydroxylation is 1. The summed E-state index contributed by atoms with van der Waals surface area (Å²) < 4.78 is 5.88. The van der Waals surface area contributed by atoms with Crippen molar-refractivity contribution in [3.05, 3.63) is 35.4 Å². The molecule has 2 nitrogen and oxygen atoms in total. The van der Waals surface area contributed by atoms with Gasteiger partial charge in [0.1, 0.15) is 0 Å². The van der Waals surface area contributed by atoms with E-state index in [0.29, 0.717) is 6.61 Å². The minimum atomic E-state index is -0.357. The third kappa shape index (κ3) is 3.08. The molecule has 1 aliphatic rings. The molecular formula is C15H22O2. The van der Waals surface area contributed by atoms with Gasteiger partial charge in [0.2, 0.25) is 0 Å². The van der Waals surface area contributed by atoms with Crippen LogP contribution in [0.1, 0.15) is 43.9 Å². The van der Waals surface area contributed by atoms with E-state index in [1.807, 2.05) is 13.8 Å². The van der Waals surface area contributed by atoms with E-state index in [-0.39, 0.29) is 18.1 Å². The van der Waals surface area contributed by atoms with Crippen molar-refractivity contribution in [1.82, 2.24) is 0 Å². The maximum absolute atomic E-state index is 9.78. The summed E-state index contributed by atoms with van der Waals surface area (Å²) in [5.41, 5.74) is 2.72. The molecule has 94 valence electrons. The summed E-state index contributed by atoms with van der Waals surface area (Å²) >= 11 is 0. The Morgan fingerprint density at radius 1 is 1.35 bits per heavy atom. The highest BCUT2D eigenvalue weighted by Crippen LogP contribution is 2.32. The van der Waals surface area contributed by atoms with Crippen LogP contribution in [0, 0.1) is 5.92 Å². The molecule has 0 aromatic heterocycles. The normalized spacial score (nSPS) is 21.3. The molecule has 1 aromatic carbocycles. The summed E-state index contributed by atoms with van der Waals surface area (Å²) in [6.07, 6.45) is 3.22. The van der Waals surface area contributed by atoms with Gasteiger partial charge in [-0.3, -0.25) is 0 Å². The highest BCUT2D eigenvalue weighted by molar-refractivity contribution is 5.31.